The lowest BCUT2D eigenvalue weighted by molar-refractivity contribution is -0.137. The van der Waals surface area contributed by atoms with Gasteiger partial charge >= 0.3 is 12.3 Å². The van der Waals surface area contributed by atoms with Gasteiger partial charge in [-0.1, -0.05) is 0 Å². The van der Waals surface area contributed by atoms with Crippen LogP contribution >= 0.6 is 0 Å². The highest BCUT2D eigenvalue weighted by Crippen LogP contribution is 2.37. The van der Waals surface area contributed by atoms with Gasteiger partial charge in [0.05, 0.1) is 24.2 Å². The Balaban J connectivity index is 1.63. The Morgan fingerprint density at radius 1 is 1.13 bits per heavy atom. The second kappa shape index (κ2) is 11.1. The molecule has 210 valence electrons. The molecule has 12 heteroatoms. The summed E-state index contributed by atoms with van der Waals surface area (Å²) in [6.07, 6.45) is -3.33. The first kappa shape index (κ1) is 28.2. The van der Waals surface area contributed by atoms with Crippen molar-refractivity contribution < 1.29 is 27.4 Å². The number of hydrogen-bond donors (Lipinski definition) is 2. The molecular weight excluding hydrogens is 513 g/mol. The summed E-state index contributed by atoms with van der Waals surface area (Å²) in [6, 6.07) is 6.51. The van der Waals surface area contributed by atoms with Gasteiger partial charge in [-0.2, -0.15) is 13.2 Å². The second-order valence-electron chi connectivity index (χ2n) is 9.94. The largest absolute Gasteiger partial charge is 0.493 e. The number of nitrogens with two attached hydrogens (primary N) is 1. The number of likely N-dealkylation sites (tertiary alicyclic amines) is 1. The quantitative estimate of drug-likeness (QED) is 0.404. The van der Waals surface area contributed by atoms with E-state index in [1.165, 1.54) is 13.2 Å². The van der Waals surface area contributed by atoms with E-state index in [2.05, 4.69) is 20.2 Å². The standard InChI is InChI=1S/C27H33F3N6O3/c1-15(17-10-18(27(28,29)30)12-19(31)11-17)32-25-21-13-24(23(38-5)14-22(21)33-16(2)34-25)39-26(37)36-8-6-20(7-9-36)35(3)4/h10-15,20H,6-9,31H2,1-5H3,(H,32,33,34)/t15-/m1/s1. The van der Waals surface area contributed by atoms with Gasteiger partial charge < -0.3 is 30.3 Å². The molecule has 3 N–H and O–H groups in total. The van der Waals surface area contributed by atoms with Crippen LogP contribution in [0.1, 0.15) is 42.8 Å². The molecule has 0 saturated carbocycles. The fourth-order valence-corrected chi connectivity index (χ4v) is 4.70. The molecule has 4 rings (SSSR count). The van der Waals surface area contributed by atoms with Crippen molar-refractivity contribution >= 4 is 28.5 Å². The fraction of sp³-hybridized carbons (Fsp3) is 0.444. The van der Waals surface area contributed by atoms with Gasteiger partial charge in [0.25, 0.3) is 0 Å². The Labute approximate surface area is 225 Å². The lowest BCUT2D eigenvalue weighted by atomic mass is 10.0. The molecule has 2 aromatic carbocycles. The molecular formula is C27H33F3N6O3. The van der Waals surface area contributed by atoms with Crippen LogP contribution in [-0.4, -0.2) is 66.2 Å². The number of aryl methyl sites for hydroxylation is 1. The minimum absolute atomic E-state index is 0.00533. The summed E-state index contributed by atoms with van der Waals surface area (Å²) in [5.74, 6) is 1.32. The molecule has 9 nitrogen and oxygen atoms in total. The van der Waals surface area contributed by atoms with Gasteiger partial charge in [0.2, 0.25) is 0 Å². The predicted octanol–water partition coefficient (Wildman–Crippen LogP) is 5.25. The molecule has 1 aliphatic rings. The van der Waals surface area contributed by atoms with Crippen LogP contribution in [-0.2, 0) is 6.18 Å². The van der Waals surface area contributed by atoms with Crippen molar-refractivity contribution in [2.45, 2.75) is 44.9 Å². The Bertz CT molecular complexity index is 1360. The maximum atomic E-state index is 13.4. The van der Waals surface area contributed by atoms with Crippen molar-refractivity contribution in [2.24, 2.45) is 0 Å². The minimum Gasteiger partial charge on any atom is -0.493 e. The molecule has 0 aliphatic carbocycles. The van der Waals surface area contributed by atoms with Gasteiger partial charge in [-0.3, -0.25) is 0 Å². The molecule has 3 aromatic rings. The number of nitrogen functional groups attached to an aromatic ring is 1. The van der Waals surface area contributed by atoms with Crippen LogP contribution < -0.4 is 20.5 Å². The Hall–Kier alpha value is -3.80. The molecule has 1 atom stereocenters. The summed E-state index contributed by atoms with van der Waals surface area (Å²) in [5.41, 5.74) is 5.80. The van der Waals surface area contributed by atoms with Crippen molar-refractivity contribution in [3.05, 3.63) is 47.3 Å². The van der Waals surface area contributed by atoms with Crippen molar-refractivity contribution in [3.8, 4) is 11.5 Å². The number of benzene rings is 2. The first-order valence-electron chi connectivity index (χ1n) is 12.6. The van der Waals surface area contributed by atoms with Gasteiger partial charge in [0.15, 0.2) is 11.5 Å². The zero-order valence-electron chi connectivity index (χ0n) is 22.6. The molecule has 39 heavy (non-hydrogen) atoms. The van der Waals surface area contributed by atoms with Gasteiger partial charge in [0, 0.05) is 36.3 Å². The number of ether oxygens (including phenoxy) is 2. The van der Waals surface area contributed by atoms with Gasteiger partial charge in [0.1, 0.15) is 11.6 Å². The van der Waals surface area contributed by atoms with Crippen LogP contribution in [0.25, 0.3) is 10.9 Å². The van der Waals surface area contributed by atoms with E-state index in [1.54, 1.807) is 30.9 Å². The van der Waals surface area contributed by atoms with E-state index >= 15 is 0 Å². The van der Waals surface area contributed by atoms with Crippen molar-refractivity contribution in [2.75, 3.05) is 45.3 Å². The van der Waals surface area contributed by atoms with Gasteiger partial charge in [-0.25, -0.2) is 14.8 Å². The van der Waals surface area contributed by atoms with E-state index in [0.717, 1.165) is 25.0 Å². The maximum absolute atomic E-state index is 13.4. The van der Waals surface area contributed by atoms with Crippen LogP contribution in [0.5, 0.6) is 11.5 Å². The van der Waals surface area contributed by atoms with Gasteiger partial charge in [-0.05, 0) is 70.6 Å². The summed E-state index contributed by atoms with van der Waals surface area (Å²) in [6.45, 7) is 4.56. The first-order chi connectivity index (χ1) is 18.3. The first-order valence-corrected chi connectivity index (χ1v) is 12.6. The third-order valence-electron chi connectivity index (χ3n) is 6.90. The number of carbonyl (C=O) groups is 1. The molecule has 0 unspecified atom stereocenters. The van der Waals surface area contributed by atoms with Crippen LogP contribution in [0.4, 0.5) is 29.5 Å². The summed E-state index contributed by atoms with van der Waals surface area (Å²) in [7, 11) is 5.52. The van der Waals surface area contributed by atoms with Crippen LogP contribution in [0.2, 0.25) is 0 Å². The highest BCUT2D eigenvalue weighted by atomic mass is 19.4. The summed E-state index contributed by atoms with van der Waals surface area (Å²) >= 11 is 0. The van der Waals surface area contributed by atoms with Crippen molar-refractivity contribution in [1.82, 2.24) is 19.8 Å². The third kappa shape index (κ3) is 6.44. The van der Waals surface area contributed by atoms with Crippen LogP contribution in [0, 0.1) is 6.92 Å². The Morgan fingerprint density at radius 3 is 2.44 bits per heavy atom. The lowest BCUT2D eigenvalue weighted by Gasteiger charge is -2.34. The molecule has 0 radical (unpaired) electrons. The fourth-order valence-electron chi connectivity index (χ4n) is 4.70. The van der Waals surface area contributed by atoms with Crippen LogP contribution in [0.3, 0.4) is 0 Å². The molecule has 0 spiro atoms. The number of rotatable bonds is 6. The van der Waals surface area contributed by atoms with E-state index in [9.17, 15) is 18.0 Å². The average Bonchev–Trinajstić information content (AvgIpc) is 2.87. The monoisotopic (exact) mass is 546 g/mol. The van der Waals surface area contributed by atoms with Crippen molar-refractivity contribution in [3.63, 3.8) is 0 Å². The number of carbonyl (C=O) groups excluding carboxylic acids is 1. The van der Waals surface area contributed by atoms with E-state index < -0.39 is 23.9 Å². The van der Waals surface area contributed by atoms with E-state index in [0.29, 0.717) is 53.0 Å². The average molecular weight is 547 g/mol. The number of anilines is 2. The van der Waals surface area contributed by atoms with Gasteiger partial charge in [-0.15, -0.1) is 0 Å². The normalized spacial score (nSPS) is 15.5. The number of nitrogens with zero attached hydrogens (tertiary/aromatic N) is 4. The highest BCUT2D eigenvalue weighted by Gasteiger charge is 2.31. The van der Waals surface area contributed by atoms with Crippen LogP contribution in [0.15, 0.2) is 30.3 Å². The zero-order valence-corrected chi connectivity index (χ0v) is 22.6. The lowest BCUT2D eigenvalue weighted by Crippen LogP contribution is -2.45. The number of aromatic nitrogens is 2. The number of nitrogens with one attached hydrogen (secondary N) is 1. The van der Waals surface area contributed by atoms with Crippen molar-refractivity contribution in [1.29, 1.82) is 0 Å². The highest BCUT2D eigenvalue weighted by molar-refractivity contribution is 5.92. The molecule has 1 aromatic heterocycles. The number of amides is 1. The minimum atomic E-state index is -4.53. The van der Waals surface area contributed by atoms with E-state index in [4.69, 9.17) is 15.2 Å². The maximum Gasteiger partial charge on any atom is 0.416 e. The molecule has 0 bridgehead atoms. The predicted molar refractivity (Wildman–Crippen MR) is 143 cm³/mol. The molecule has 2 heterocycles. The summed E-state index contributed by atoms with van der Waals surface area (Å²) < 4.78 is 51.3. The molecule has 1 fully saturated rings. The topological polar surface area (TPSA) is 106 Å². The molecule has 1 saturated heterocycles. The number of methoxy groups -OCH3 is 1. The summed E-state index contributed by atoms with van der Waals surface area (Å²) in [4.78, 5) is 25.7. The smallest absolute Gasteiger partial charge is 0.416 e. The SMILES string of the molecule is COc1cc2nc(C)nc(N[C@H](C)c3cc(N)cc(C(F)(F)F)c3)c2cc1OC(=O)N1CCC(N(C)C)CC1. The Kier molecular flexibility index (Phi) is 8.05. The number of hydrogen-bond acceptors (Lipinski definition) is 8. The molecule has 1 amide bonds. The number of piperidine rings is 1. The Morgan fingerprint density at radius 2 is 1.82 bits per heavy atom. The number of halogens is 3. The number of fused-ring (bicyclic) bond motifs is 1. The molecule has 1 aliphatic heterocycles. The van der Waals surface area contributed by atoms with E-state index in [1.807, 2.05) is 14.1 Å². The summed E-state index contributed by atoms with van der Waals surface area (Å²) in [5, 5.41) is 3.69. The number of alkyl halides is 3. The van der Waals surface area contributed by atoms with E-state index in [-0.39, 0.29) is 11.4 Å². The third-order valence-corrected chi connectivity index (χ3v) is 6.90. The second-order valence-corrected chi connectivity index (χ2v) is 9.94. The zero-order chi connectivity index (χ0) is 28.5.